The summed E-state index contributed by atoms with van der Waals surface area (Å²) in [6.45, 7) is 7.30. The number of halogens is 1. The maximum atomic E-state index is 9.78. The third-order valence-electron chi connectivity index (χ3n) is 8.15. The normalized spacial score (nSPS) is 20.4. The van der Waals surface area contributed by atoms with E-state index in [4.69, 9.17) is 11.6 Å². The topological polar surface area (TPSA) is 124 Å². The molecule has 200 valence electrons. The van der Waals surface area contributed by atoms with Crippen LogP contribution in [0.25, 0.3) is 5.65 Å². The fraction of sp³-hybridized carbons (Fsp3) is 0.519. The summed E-state index contributed by atoms with van der Waals surface area (Å²) >= 11 is 6.95. The zero-order valence-corrected chi connectivity index (χ0v) is 22.4. The molecule has 2 N–H and O–H groups in total. The zero-order valence-electron chi connectivity index (χ0n) is 21.6. The molecule has 2 aromatic heterocycles. The Morgan fingerprint density at radius 3 is 2.51 bits per heavy atom. The van der Waals surface area contributed by atoms with E-state index in [0.717, 1.165) is 50.6 Å². The lowest BCUT2D eigenvalue weighted by Crippen LogP contribution is -2.63. The van der Waals surface area contributed by atoms with Crippen LogP contribution in [0, 0.1) is 28.6 Å². The Morgan fingerprint density at radius 1 is 1.03 bits per heavy atom. The molecule has 2 saturated carbocycles. The quantitative estimate of drug-likeness (QED) is 0.438. The first-order chi connectivity index (χ1) is 19.1. The molecule has 4 aliphatic rings. The Kier molecular flexibility index (Phi) is 6.15. The number of benzene rings is 1. The number of nitriles is 2. The number of fused-ring (bicyclic) bond motifs is 1. The number of likely N-dealkylation sites (tertiary alicyclic amines) is 1. The van der Waals surface area contributed by atoms with E-state index in [0.29, 0.717) is 45.5 Å². The van der Waals surface area contributed by atoms with Gasteiger partial charge >= 0.3 is 0 Å². The van der Waals surface area contributed by atoms with Crippen molar-refractivity contribution in [2.75, 3.05) is 61.3 Å². The van der Waals surface area contributed by atoms with Crippen LogP contribution >= 0.6 is 11.6 Å². The molecule has 0 bridgehead atoms. The summed E-state index contributed by atoms with van der Waals surface area (Å²) in [5.41, 5.74) is 2.71. The van der Waals surface area contributed by atoms with Crippen molar-refractivity contribution < 1.29 is 0 Å². The highest BCUT2D eigenvalue weighted by Gasteiger charge is 2.36. The lowest BCUT2D eigenvalue weighted by molar-refractivity contribution is 0.0280. The second kappa shape index (κ2) is 9.83. The van der Waals surface area contributed by atoms with Crippen molar-refractivity contribution in [1.82, 2.24) is 29.4 Å². The van der Waals surface area contributed by atoms with Crippen LogP contribution in [0.15, 0.2) is 18.3 Å². The summed E-state index contributed by atoms with van der Waals surface area (Å²) < 4.78 is 1.48. The molecular weight excluding hydrogens is 514 g/mol. The molecular formula is C27H30ClN11. The monoisotopic (exact) mass is 543 g/mol. The van der Waals surface area contributed by atoms with Gasteiger partial charge in [0, 0.05) is 57.9 Å². The van der Waals surface area contributed by atoms with E-state index in [1.165, 1.54) is 43.2 Å². The second-order valence-electron chi connectivity index (χ2n) is 11.1. The summed E-state index contributed by atoms with van der Waals surface area (Å²) in [5.74, 6) is 1.78. The van der Waals surface area contributed by atoms with E-state index in [9.17, 15) is 10.5 Å². The highest BCUT2D eigenvalue weighted by atomic mass is 35.5. The number of imidazole rings is 1. The molecule has 0 amide bonds. The molecule has 4 heterocycles. The first-order valence-corrected chi connectivity index (χ1v) is 14.1. The summed E-state index contributed by atoms with van der Waals surface area (Å²) in [5, 5.41) is 30.9. The Balaban J connectivity index is 1.10. The minimum Gasteiger partial charge on any atom is -0.368 e. The van der Waals surface area contributed by atoms with Gasteiger partial charge in [-0.15, -0.1) is 5.10 Å². The van der Waals surface area contributed by atoms with Crippen molar-refractivity contribution in [2.24, 2.45) is 5.92 Å². The maximum Gasteiger partial charge on any atom is 0.247 e. The lowest BCUT2D eigenvalue weighted by atomic mass is 10.0. The molecule has 1 aromatic carbocycles. The van der Waals surface area contributed by atoms with Gasteiger partial charge in [-0.05, 0) is 43.7 Å². The van der Waals surface area contributed by atoms with Crippen molar-refractivity contribution in [3.63, 3.8) is 0 Å². The first kappa shape index (κ1) is 24.4. The average Bonchev–Trinajstić information content (AvgIpc) is 3.87. The van der Waals surface area contributed by atoms with E-state index < -0.39 is 0 Å². The number of piperazine rings is 1. The van der Waals surface area contributed by atoms with Crippen molar-refractivity contribution >= 4 is 40.4 Å². The first-order valence-electron chi connectivity index (χ1n) is 13.7. The van der Waals surface area contributed by atoms with Crippen LogP contribution < -0.4 is 15.5 Å². The zero-order chi connectivity index (χ0) is 26.5. The summed E-state index contributed by atoms with van der Waals surface area (Å²) in [6.07, 6.45) is 6.43. The van der Waals surface area contributed by atoms with Crippen molar-refractivity contribution in [3.05, 3.63) is 34.6 Å². The Morgan fingerprint density at radius 2 is 1.82 bits per heavy atom. The van der Waals surface area contributed by atoms with Crippen molar-refractivity contribution in [3.8, 4) is 12.1 Å². The summed E-state index contributed by atoms with van der Waals surface area (Å²) in [7, 11) is 0. The van der Waals surface area contributed by atoms with Gasteiger partial charge < -0.3 is 15.5 Å². The molecule has 11 nitrogen and oxygen atoms in total. The number of anilines is 4. The average molecular weight is 544 g/mol. The van der Waals surface area contributed by atoms with Gasteiger partial charge in [0.1, 0.15) is 6.07 Å². The molecule has 2 saturated heterocycles. The van der Waals surface area contributed by atoms with Gasteiger partial charge in [-0.1, -0.05) is 11.6 Å². The molecule has 2 aliphatic heterocycles. The van der Waals surface area contributed by atoms with Crippen LogP contribution in [0.1, 0.15) is 36.9 Å². The molecule has 39 heavy (non-hydrogen) atoms. The van der Waals surface area contributed by atoms with Crippen LogP contribution in [0.3, 0.4) is 0 Å². The van der Waals surface area contributed by atoms with Gasteiger partial charge in [-0.25, -0.2) is 4.98 Å². The number of nitrogens with one attached hydrogen (secondary N) is 2. The lowest BCUT2D eigenvalue weighted by Gasteiger charge is -2.48. The summed E-state index contributed by atoms with van der Waals surface area (Å²) in [4.78, 5) is 16.4. The second-order valence-corrected chi connectivity index (χ2v) is 11.5. The van der Waals surface area contributed by atoms with E-state index in [-0.39, 0.29) is 5.95 Å². The predicted octanol–water partition coefficient (Wildman–Crippen LogP) is 3.06. The largest absolute Gasteiger partial charge is 0.368 e. The fourth-order valence-corrected chi connectivity index (χ4v) is 5.84. The number of nitrogens with zero attached hydrogens (tertiary/aromatic N) is 9. The summed E-state index contributed by atoms with van der Waals surface area (Å²) in [6, 6.07) is 8.96. The van der Waals surface area contributed by atoms with Crippen LogP contribution in [0.5, 0.6) is 0 Å². The molecule has 0 radical (unpaired) electrons. The Bertz CT molecular complexity index is 1480. The van der Waals surface area contributed by atoms with Crippen LogP contribution in [-0.4, -0.2) is 87.3 Å². The number of hydrogen-bond acceptors (Lipinski definition) is 10. The standard InChI is InChI=1S/C27H30ClN11/c28-24-22(33-27-34-25(32-19-3-4-19)26-31-13-20(12-30)39(26)35-27)9-18(11-29)10-23(24)38-7-5-37(6-8-38)21-15-36(16-21)14-17-1-2-17/h9-10,13,17,19,21H,1-8,14-16H2,(H2,32,33,34,35). The van der Waals surface area contributed by atoms with Gasteiger partial charge in [0.05, 0.1) is 34.2 Å². The third-order valence-corrected chi connectivity index (χ3v) is 8.54. The number of aromatic nitrogens is 4. The van der Waals surface area contributed by atoms with Crippen LogP contribution in [0.2, 0.25) is 5.02 Å². The molecule has 2 aliphatic carbocycles. The van der Waals surface area contributed by atoms with Gasteiger partial charge in [0.15, 0.2) is 17.2 Å². The smallest absolute Gasteiger partial charge is 0.247 e. The van der Waals surface area contributed by atoms with Gasteiger partial charge in [0.2, 0.25) is 5.95 Å². The van der Waals surface area contributed by atoms with Crippen LogP contribution in [-0.2, 0) is 0 Å². The maximum absolute atomic E-state index is 9.78. The van der Waals surface area contributed by atoms with Gasteiger partial charge in [-0.2, -0.15) is 20.0 Å². The predicted molar refractivity (Wildman–Crippen MR) is 148 cm³/mol. The molecule has 0 atom stereocenters. The van der Waals surface area contributed by atoms with Gasteiger partial charge in [-0.3, -0.25) is 9.80 Å². The molecule has 3 aromatic rings. The highest BCUT2D eigenvalue weighted by molar-refractivity contribution is 6.36. The SMILES string of the molecule is N#Cc1cc(Nc2nc(NC3CC3)c3ncc(C#N)n3n2)c(Cl)c(N2CCN(C3CN(CC4CC4)C3)CC2)c1. The van der Waals surface area contributed by atoms with Crippen molar-refractivity contribution in [1.29, 1.82) is 10.5 Å². The minimum absolute atomic E-state index is 0.272. The van der Waals surface area contributed by atoms with E-state index in [1.54, 1.807) is 6.07 Å². The van der Waals surface area contributed by atoms with Gasteiger partial charge in [0.25, 0.3) is 0 Å². The molecule has 0 unspecified atom stereocenters. The fourth-order valence-electron chi connectivity index (χ4n) is 5.56. The molecule has 0 spiro atoms. The highest BCUT2D eigenvalue weighted by Crippen LogP contribution is 2.37. The molecule has 4 fully saturated rings. The minimum atomic E-state index is 0.272. The van der Waals surface area contributed by atoms with E-state index in [1.807, 2.05) is 6.07 Å². The van der Waals surface area contributed by atoms with E-state index >= 15 is 0 Å². The van der Waals surface area contributed by atoms with Crippen molar-refractivity contribution in [2.45, 2.75) is 37.8 Å². The van der Waals surface area contributed by atoms with Crippen LogP contribution in [0.4, 0.5) is 23.1 Å². The Labute approximate surface area is 232 Å². The number of hydrogen-bond donors (Lipinski definition) is 2. The Hall–Kier alpha value is -3.64. The number of rotatable bonds is 8. The molecule has 7 rings (SSSR count). The van der Waals surface area contributed by atoms with E-state index in [2.05, 4.69) is 52.5 Å². The molecule has 12 heteroatoms. The third kappa shape index (κ3) is 4.94.